The van der Waals surface area contributed by atoms with E-state index in [1.54, 1.807) is 24.5 Å². The SMILES string of the molecule is COC(=O)C(CN)c1ccncc1. The Labute approximate surface area is 76.7 Å². The van der Waals surface area contributed by atoms with Gasteiger partial charge in [-0.15, -0.1) is 0 Å². The van der Waals surface area contributed by atoms with E-state index in [2.05, 4.69) is 9.72 Å². The van der Waals surface area contributed by atoms with Crippen LogP contribution in [0.1, 0.15) is 11.5 Å². The van der Waals surface area contributed by atoms with Crippen molar-refractivity contribution in [1.29, 1.82) is 0 Å². The molecule has 0 bridgehead atoms. The standard InChI is InChI=1S/C9H12N2O2/c1-13-9(12)8(6-10)7-2-4-11-5-3-7/h2-5,8H,6,10H2,1H3. The minimum Gasteiger partial charge on any atom is -0.469 e. The Kier molecular flexibility index (Phi) is 3.40. The molecule has 0 saturated heterocycles. The van der Waals surface area contributed by atoms with Crippen LogP contribution in [0.3, 0.4) is 0 Å². The molecule has 0 radical (unpaired) electrons. The van der Waals surface area contributed by atoms with Crippen LogP contribution in [0.5, 0.6) is 0 Å². The van der Waals surface area contributed by atoms with Crippen LogP contribution in [0.15, 0.2) is 24.5 Å². The predicted octanol–water partition coefficient (Wildman–Crippen LogP) is 0.297. The molecule has 0 aliphatic carbocycles. The van der Waals surface area contributed by atoms with Gasteiger partial charge in [0.1, 0.15) is 0 Å². The number of carbonyl (C=O) groups excluding carboxylic acids is 1. The first-order chi connectivity index (χ1) is 6.29. The van der Waals surface area contributed by atoms with Crippen molar-refractivity contribution in [2.75, 3.05) is 13.7 Å². The van der Waals surface area contributed by atoms with E-state index in [0.717, 1.165) is 5.56 Å². The number of nitrogens with zero attached hydrogens (tertiary/aromatic N) is 1. The van der Waals surface area contributed by atoms with Crippen LogP contribution in [0.25, 0.3) is 0 Å². The molecule has 1 rings (SSSR count). The first-order valence-electron chi connectivity index (χ1n) is 3.97. The molecule has 0 amide bonds. The van der Waals surface area contributed by atoms with Gasteiger partial charge in [-0.1, -0.05) is 0 Å². The average molecular weight is 180 g/mol. The summed E-state index contributed by atoms with van der Waals surface area (Å²) in [6.45, 7) is 0.247. The van der Waals surface area contributed by atoms with Crippen molar-refractivity contribution < 1.29 is 9.53 Å². The number of esters is 1. The average Bonchev–Trinajstić information content (AvgIpc) is 2.20. The third kappa shape index (κ3) is 2.26. The number of pyridine rings is 1. The van der Waals surface area contributed by atoms with Crippen LogP contribution in [-0.2, 0) is 9.53 Å². The second-order valence-corrected chi connectivity index (χ2v) is 2.59. The highest BCUT2D eigenvalue weighted by Gasteiger charge is 2.18. The summed E-state index contributed by atoms with van der Waals surface area (Å²) in [6.07, 6.45) is 3.25. The Morgan fingerprint density at radius 2 is 2.23 bits per heavy atom. The van der Waals surface area contributed by atoms with Crippen molar-refractivity contribution in [2.24, 2.45) is 5.73 Å². The number of aromatic nitrogens is 1. The molecule has 0 fully saturated rings. The van der Waals surface area contributed by atoms with E-state index in [4.69, 9.17) is 5.73 Å². The van der Waals surface area contributed by atoms with E-state index in [1.807, 2.05) is 0 Å². The molecular weight excluding hydrogens is 168 g/mol. The molecule has 13 heavy (non-hydrogen) atoms. The zero-order valence-electron chi connectivity index (χ0n) is 7.43. The summed E-state index contributed by atoms with van der Waals surface area (Å²) >= 11 is 0. The van der Waals surface area contributed by atoms with E-state index in [1.165, 1.54) is 7.11 Å². The molecule has 1 atom stereocenters. The van der Waals surface area contributed by atoms with Crippen molar-refractivity contribution in [3.63, 3.8) is 0 Å². The van der Waals surface area contributed by atoms with Crippen molar-refractivity contribution in [1.82, 2.24) is 4.98 Å². The normalized spacial score (nSPS) is 12.2. The van der Waals surface area contributed by atoms with Crippen LogP contribution >= 0.6 is 0 Å². The molecule has 1 heterocycles. The molecule has 0 aromatic carbocycles. The molecule has 2 N–H and O–H groups in total. The lowest BCUT2D eigenvalue weighted by Gasteiger charge is -2.11. The van der Waals surface area contributed by atoms with E-state index >= 15 is 0 Å². The number of nitrogens with two attached hydrogens (primary N) is 1. The second kappa shape index (κ2) is 4.57. The molecule has 0 spiro atoms. The molecular formula is C9H12N2O2. The lowest BCUT2D eigenvalue weighted by Crippen LogP contribution is -2.22. The van der Waals surface area contributed by atoms with Gasteiger partial charge in [0.2, 0.25) is 0 Å². The first kappa shape index (κ1) is 9.67. The first-order valence-corrected chi connectivity index (χ1v) is 3.97. The summed E-state index contributed by atoms with van der Waals surface area (Å²) < 4.78 is 4.62. The molecule has 70 valence electrons. The highest BCUT2D eigenvalue weighted by molar-refractivity contribution is 5.78. The van der Waals surface area contributed by atoms with Gasteiger partial charge in [-0.3, -0.25) is 9.78 Å². The Balaban J connectivity index is 2.85. The van der Waals surface area contributed by atoms with Gasteiger partial charge in [-0.25, -0.2) is 0 Å². The van der Waals surface area contributed by atoms with E-state index in [-0.39, 0.29) is 18.4 Å². The van der Waals surface area contributed by atoms with Gasteiger partial charge in [0.05, 0.1) is 13.0 Å². The summed E-state index contributed by atoms with van der Waals surface area (Å²) in [6, 6.07) is 3.52. The van der Waals surface area contributed by atoms with Crippen molar-refractivity contribution in [3.8, 4) is 0 Å². The number of carbonyl (C=O) groups is 1. The van der Waals surface area contributed by atoms with Gasteiger partial charge in [0, 0.05) is 18.9 Å². The van der Waals surface area contributed by atoms with E-state index in [9.17, 15) is 4.79 Å². The maximum absolute atomic E-state index is 11.2. The van der Waals surface area contributed by atoms with Gasteiger partial charge < -0.3 is 10.5 Å². The highest BCUT2D eigenvalue weighted by atomic mass is 16.5. The van der Waals surface area contributed by atoms with E-state index in [0.29, 0.717) is 0 Å². The van der Waals surface area contributed by atoms with Crippen LogP contribution < -0.4 is 5.73 Å². The predicted molar refractivity (Wildman–Crippen MR) is 48.0 cm³/mol. The fourth-order valence-corrected chi connectivity index (χ4v) is 1.11. The molecule has 0 aliphatic heterocycles. The van der Waals surface area contributed by atoms with Gasteiger partial charge in [-0.05, 0) is 17.7 Å². The largest absolute Gasteiger partial charge is 0.469 e. The van der Waals surface area contributed by atoms with Gasteiger partial charge in [0.15, 0.2) is 0 Å². The third-order valence-corrected chi connectivity index (χ3v) is 1.83. The van der Waals surface area contributed by atoms with Gasteiger partial charge in [-0.2, -0.15) is 0 Å². The molecule has 1 aromatic rings. The number of hydrogen-bond donors (Lipinski definition) is 1. The van der Waals surface area contributed by atoms with Crippen LogP contribution in [-0.4, -0.2) is 24.6 Å². The maximum Gasteiger partial charge on any atom is 0.314 e. The molecule has 4 nitrogen and oxygen atoms in total. The summed E-state index contributed by atoms with van der Waals surface area (Å²) in [5.41, 5.74) is 6.30. The summed E-state index contributed by atoms with van der Waals surface area (Å²) in [5.74, 6) is -0.693. The lowest BCUT2D eigenvalue weighted by molar-refractivity contribution is -0.142. The minimum absolute atomic E-state index is 0.247. The minimum atomic E-state index is -0.381. The zero-order valence-corrected chi connectivity index (χ0v) is 7.43. The monoisotopic (exact) mass is 180 g/mol. The lowest BCUT2D eigenvalue weighted by atomic mass is 10.0. The van der Waals surface area contributed by atoms with Crippen LogP contribution in [0, 0.1) is 0 Å². The second-order valence-electron chi connectivity index (χ2n) is 2.59. The summed E-state index contributed by atoms with van der Waals surface area (Å²) in [7, 11) is 1.35. The fraction of sp³-hybridized carbons (Fsp3) is 0.333. The molecule has 4 heteroatoms. The Morgan fingerprint density at radius 1 is 1.62 bits per heavy atom. The topological polar surface area (TPSA) is 65.2 Å². The zero-order chi connectivity index (χ0) is 9.68. The van der Waals surface area contributed by atoms with Crippen molar-refractivity contribution >= 4 is 5.97 Å². The van der Waals surface area contributed by atoms with Gasteiger partial charge >= 0.3 is 5.97 Å². The van der Waals surface area contributed by atoms with Crippen LogP contribution in [0.4, 0.5) is 0 Å². The Bertz CT molecular complexity index is 274. The smallest absolute Gasteiger partial charge is 0.314 e. The Hall–Kier alpha value is -1.42. The summed E-state index contributed by atoms with van der Waals surface area (Å²) in [5, 5.41) is 0. The fourth-order valence-electron chi connectivity index (χ4n) is 1.11. The third-order valence-electron chi connectivity index (χ3n) is 1.83. The number of hydrogen-bond acceptors (Lipinski definition) is 4. The number of methoxy groups -OCH3 is 1. The number of rotatable bonds is 3. The van der Waals surface area contributed by atoms with E-state index < -0.39 is 0 Å². The highest BCUT2D eigenvalue weighted by Crippen LogP contribution is 2.14. The maximum atomic E-state index is 11.2. The molecule has 0 saturated carbocycles. The van der Waals surface area contributed by atoms with Crippen molar-refractivity contribution in [2.45, 2.75) is 5.92 Å². The van der Waals surface area contributed by atoms with Gasteiger partial charge in [0.25, 0.3) is 0 Å². The molecule has 1 unspecified atom stereocenters. The van der Waals surface area contributed by atoms with Crippen molar-refractivity contribution in [3.05, 3.63) is 30.1 Å². The van der Waals surface area contributed by atoms with Crippen LogP contribution in [0.2, 0.25) is 0 Å². The molecule has 1 aromatic heterocycles. The molecule has 0 aliphatic rings. The summed E-state index contributed by atoms with van der Waals surface area (Å²) in [4.78, 5) is 15.1. The Morgan fingerprint density at radius 3 is 2.69 bits per heavy atom. The number of ether oxygens (including phenoxy) is 1. The quantitative estimate of drug-likeness (QED) is 0.679.